The average Bonchev–Trinajstić information content (AvgIpc) is 3.79. The van der Waals surface area contributed by atoms with E-state index in [-0.39, 0.29) is 33.5 Å². The van der Waals surface area contributed by atoms with Gasteiger partial charge in [0.2, 0.25) is 0 Å². The normalized spacial score (nSPS) is 15.2. The highest BCUT2D eigenvalue weighted by atomic mass is 32.2. The molecule has 2 N–H and O–H groups in total. The molecule has 0 aliphatic heterocycles. The Morgan fingerprint density at radius 1 is 0.952 bits per heavy atom. The van der Waals surface area contributed by atoms with Crippen LogP contribution in [0, 0.1) is 5.92 Å². The monoisotopic (exact) mass is 585 g/mol. The largest absolute Gasteiger partial charge is 0.507 e. The molecule has 42 heavy (non-hydrogen) atoms. The Morgan fingerprint density at radius 3 is 2.24 bits per heavy atom. The van der Waals surface area contributed by atoms with Crippen LogP contribution in [0.25, 0.3) is 0 Å². The Labute approximate surface area is 248 Å². The van der Waals surface area contributed by atoms with Crippen molar-refractivity contribution in [2.24, 2.45) is 5.92 Å². The summed E-state index contributed by atoms with van der Waals surface area (Å²) in [7, 11) is -3.83. The predicted molar refractivity (Wildman–Crippen MR) is 167 cm³/mol. The van der Waals surface area contributed by atoms with Gasteiger partial charge in [-0.1, -0.05) is 82.3 Å². The lowest BCUT2D eigenvalue weighted by molar-refractivity contribution is 0.379. The summed E-state index contributed by atoms with van der Waals surface area (Å²) in [6.07, 6.45) is 3.27. The molecule has 1 heterocycles. The minimum atomic E-state index is -3.83. The van der Waals surface area contributed by atoms with Gasteiger partial charge in [-0.25, -0.2) is 13.2 Å². The van der Waals surface area contributed by atoms with Crippen LogP contribution < -0.4 is 10.3 Å². The Bertz CT molecular complexity index is 1700. The van der Waals surface area contributed by atoms with Crippen LogP contribution in [0.3, 0.4) is 0 Å². The van der Waals surface area contributed by atoms with E-state index in [4.69, 9.17) is 4.42 Å². The van der Waals surface area contributed by atoms with E-state index in [0.29, 0.717) is 17.9 Å². The lowest BCUT2D eigenvalue weighted by Crippen LogP contribution is -2.18. The van der Waals surface area contributed by atoms with E-state index >= 15 is 0 Å². The van der Waals surface area contributed by atoms with Crippen molar-refractivity contribution in [3.8, 4) is 5.75 Å². The minimum absolute atomic E-state index is 0.0466. The molecule has 1 aliphatic rings. The Hall–Kier alpha value is -3.84. The molecule has 1 fully saturated rings. The minimum Gasteiger partial charge on any atom is -0.507 e. The molecule has 3 aromatic carbocycles. The zero-order valence-corrected chi connectivity index (χ0v) is 25.4. The summed E-state index contributed by atoms with van der Waals surface area (Å²) < 4.78 is 35.0. The molecule has 7 heteroatoms. The topological polar surface area (TPSA) is 96.6 Å². The second-order valence-corrected chi connectivity index (χ2v) is 14.0. The SMILES string of the molecule is CCC(Cc1ccccc1)c1cc(O)c(C(c2cccc(NS(=O)(=O)c3ccc(C(C)(C)C)cc3)c2)C2CC2)c(=O)o1. The third-order valence-electron chi connectivity index (χ3n) is 8.14. The van der Waals surface area contributed by atoms with Gasteiger partial charge in [0.1, 0.15) is 11.5 Å². The number of nitrogens with one attached hydrogen (secondary N) is 1. The molecular formula is C35H39NO5S. The molecule has 0 bridgehead atoms. The number of hydrogen-bond acceptors (Lipinski definition) is 5. The van der Waals surface area contributed by atoms with Crippen LogP contribution in [0.4, 0.5) is 5.69 Å². The first kappa shape index (κ1) is 29.6. The van der Waals surface area contributed by atoms with Crippen LogP contribution in [0.5, 0.6) is 5.75 Å². The molecule has 6 nitrogen and oxygen atoms in total. The van der Waals surface area contributed by atoms with Gasteiger partial charge in [-0.15, -0.1) is 0 Å². The molecular weight excluding hydrogens is 546 g/mol. The van der Waals surface area contributed by atoms with Gasteiger partial charge >= 0.3 is 5.63 Å². The number of rotatable bonds is 10. The third-order valence-corrected chi connectivity index (χ3v) is 9.54. The Morgan fingerprint density at radius 2 is 1.64 bits per heavy atom. The number of benzene rings is 3. The van der Waals surface area contributed by atoms with Crippen molar-refractivity contribution in [3.63, 3.8) is 0 Å². The van der Waals surface area contributed by atoms with Gasteiger partial charge in [-0.2, -0.15) is 0 Å². The highest BCUT2D eigenvalue weighted by Gasteiger charge is 2.38. The summed E-state index contributed by atoms with van der Waals surface area (Å²) in [5.74, 6) is 0.109. The first-order valence-corrected chi connectivity index (χ1v) is 16.1. The molecule has 0 saturated heterocycles. The maximum Gasteiger partial charge on any atom is 0.343 e. The quantitative estimate of drug-likeness (QED) is 0.199. The standard InChI is InChI=1S/C35H39NO5S/c1-5-24(20-23-10-7-6-8-11-23)31-22-30(37)33(34(38)41-31)32(25-14-15-25)26-12-9-13-28(21-26)36-42(39,40)29-18-16-27(17-19-29)35(2,3)4/h6-13,16-19,21-22,24-25,32,36-37H,5,14-15,20H2,1-4H3. The van der Waals surface area contributed by atoms with E-state index in [1.54, 1.807) is 36.4 Å². The van der Waals surface area contributed by atoms with E-state index in [0.717, 1.165) is 36.0 Å². The molecule has 1 aromatic heterocycles. The first-order chi connectivity index (χ1) is 20.0. The van der Waals surface area contributed by atoms with Gasteiger partial charge in [0, 0.05) is 23.6 Å². The van der Waals surface area contributed by atoms with E-state index in [1.807, 2.05) is 55.5 Å². The molecule has 0 spiro atoms. The summed E-state index contributed by atoms with van der Waals surface area (Å²) >= 11 is 0. The van der Waals surface area contributed by atoms with Crippen molar-refractivity contribution in [3.05, 3.63) is 123 Å². The molecule has 2 atom stereocenters. The number of sulfonamides is 1. The molecule has 220 valence electrons. The zero-order valence-electron chi connectivity index (χ0n) is 24.6. The van der Waals surface area contributed by atoms with Crippen molar-refractivity contribution in [2.75, 3.05) is 4.72 Å². The van der Waals surface area contributed by atoms with Gasteiger partial charge in [0.05, 0.1) is 10.5 Å². The van der Waals surface area contributed by atoms with E-state index in [9.17, 15) is 18.3 Å². The van der Waals surface area contributed by atoms with Crippen LogP contribution in [-0.4, -0.2) is 13.5 Å². The summed E-state index contributed by atoms with van der Waals surface area (Å²) in [5.41, 5.74) is 2.94. The molecule has 0 radical (unpaired) electrons. The Kier molecular flexibility index (Phi) is 8.33. The molecule has 2 unspecified atom stereocenters. The fraction of sp³-hybridized carbons (Fsp3) is 0.343. The Balaban J connectivity index is 1.43. The van der Waals surface area contributed by atoms with Gasteiger partial charge < -0.3 is 9.52 Å². The summed E-state index contributed by atoms with van der Waals surface area (Å²) in [4.78, 5) is 13.6. The zero-order chi connectivity index (χ0) is 30.1. The average molecular weight is 586 g/mol. The molecule has 5 rings (SSSR count). The van der Waals surface area contributed by atoms with Crippen LogP contribution in [-0.2, 0) is 21.9 Å². The van der Waals surface area contributed by atoms with Crippen LogP contribution in [0.15, 0.2) is 99.0 Å². The lowest BCUT2D eigenvalue weighted by Gasteiger charge is -2.21. The van der Waals surface area contributed by atoms with Gasteiger partial charge in [0.15, 0.2) is 0 Å². The summed E-state index contributed by atoms with van der Waals surface area (Å²) in [6.45, 7) is 8.27. The smallest absolute Gasteiger partial charge is 0.343 e. The van der Waals surface area contributed by atoms with Crippen LogP contribution in [0.1, 0.15) is 86.8 Å². The van der Waals surface area contributed by atoms with Crippen molar-refractivity contribution >= 4 is 15.7 Å². The van der Waals surface area contributed by atoms with E-state index in [1.165, 1.54) is 0 Å². The maximum atomic E-state index is 13.4. The van der Waals surface area contributed by atoms with Crippen molar-refractivity contribution < 1.29 is 17.9 Å². The highest BCUT2D eigenvalue weighted by Crippen LogP contribution is 2.48. The van der Waals surface area contributed by atoms with Gasteiger partial charge in [-0.05, 0) is 78.0 Å². The lowest BCUT2D eigenvalue weighted by atomic mass is 9.86. The molecule has 0 amide bonds. The summed E-state index contributed by atoms with van der Waals surface area (Å²) in [5, 5.41) is 11.2. The van der Waals surface area contributed by atoms with Gasteiger partial charge in [0.25, 0.3) is 10.0 Å². The van der Waals surface area contributed by atoms with Crippen LogP contribution >= 0.6 is 0 Å². The molecule has 4 aromatic rings. The third kappa shape index (κ3) is 6.62. The van der Waals surface area contributed by atoms with Crippen LogP contribution in [0.2, 0.25) is 0 Å². The summed E-state index contributed by atoms with van der Waals surface area (Å²) in [6, 6.07) is 25.6. The number of anilines is 1. The van der Waals surface area contributed by atoms with Crippen molar-refractivity contribution in [1.29, 1.82) is 0 Å². The fourth-order valence-electron chi connectivity index (χ4n) is 5.59. The second kappa shape index (κ2) is 11.8. The molecule has 1 aliphatic carbocycles. The van der Waals surface area contributed by atoms with Crippen molar-refractivity contribution in [1.82, 2.24) is 0 Å². The van der Waals surface area contributed by atoms with Gasteiger partial charge in [-0.3, -0.25) is 4.72 Å². The highest BCUT2D eigenvalue weighted by molar-refractivity contribution is 7.92. The first-order valence-electron chi connectivity index (χ1n) is 14.6. The van der Waals surface area contributed by atoms with E-state index < -0.39 is 21.6 Å². The number of aromatic hydroxyl groups is 1. The molecule has 1 saturated carbocycles. The second-order valence-electron chi connectivity index (χ2n) is 12.4. The predicted octanol–water partition coefficient (Wildman–Crippen LogP) is 7.72. The van der Waals surface area contributed by atoms with Crippen molar-refractivity contribution in [2.45, 2.75) is 75.5 Å². The number of hydrogen-bond donors (Lipinski definition) is 2. The maximum absolute atomic E-state index is 13.4. The fourth-order valence-corrected chi connectivity index (χ4v) is 6.64. The van der Waals surface area contributed by atoms with E-state index in [2.05, 4.69) is 25.5 Å².